The molecule has 0 aliphatic carbocycles. The fourth-order valence-electron chi connectivity index (χ4n) is 2.69. The van der Waals surface area contributed by atoms with E-state index in [-0.39, 0.29) is 18.9 Å². The number of nitrogens with one attached hydrogen (secondary N) is 2. The van der Waals surface area contributed by atoms with Gasteiger partial charge in [0.2, 0.25) is 5.91 Å². The summed E-state index contributed by atoms with van der Waals surface area (Å²) in [6, 6.07) is 7.28. The second-order valence-corrected chi connectivity index (χ2v) is 5.86. The monoisotopic (exact) mass is 332 g/mol. The molecule has 7 heteroatoms. The molecule has 2 N–H and O–H groups in total. The Kier molecular flexibility index (Phi) is 5.10. The molecule has 24 heavy (non-hydrogen) atoms. The molecule has 6 nitrogen and oxygen atoms in total. The SMILES string of the molecule is Cn1cc(-c2cccc(OCCNC(=O)C3CC(F)CN3)c2)cn1. The smallest absolute Gasteiger partial charge is 0.237 e. The fraction of sp³-hybridized carbons (Fsp3) is 0.412. The van der Waals surface area contributed by atoms with Crippen LogP contribution in [0, 0.1) is 0 Å². The Morgan fingerprint density at radius 1 is 1.50 bits per heavy atom. The van der Waals surface area contributed by atoms with Crippen molar-refractivity contribution in [3.8, 4) is 16.9 Å². The number of hydrogen-bond acceptors (Lipinski definition) is 4. The summed E-state index contributed by atoms with van der Waals surface area (Å²) in [5.41, 5.74) is 2.04. The lowest BCUT2D eigenvalue weighted by molar-refractivity contribution is -0.122. The maximum absolute atomic E-state index is 13.0. The predicted octanol–water partition coefficient (Wildman–Crippen LogP) is 1.28. The van der Waals surface area contributed by atoms with Crippen LogP contribution in [0.15, 0.2) is 36.7 Å². The summed E-state index contributed by atoms with van der Waals surface area (Å²) >= 11 is 0. The highest BCUT2D eigenvalue weighted by atomic mass is 19.1. The van der Waals surface area contributed by atoms with E-state index >= 15 is 0 Å². The molecule has 128 valence electrons. The van der Waals surface area contributed by atoms with Crippen molar-refractivity contribution in [2.24, 2.45) is 7.05 Å². The van der Waals surface area contributed by atoms with E-state index in [9.17, 15) is 9.18 Å². The van der Waals surface area contributed by atoms with Crippen LogP contribution in [-0.4, -0.2) is 47.6 Å². The third-order valence-corrected chi connectivity index (χ3v) is 3.94. The highest BCUT2D eigenvalue weighted by molar-refractivity contribution is 5.82. The molecule has 0 spiro atoms. The van der Waals surface area contributed by atoms with E-state index in [1.807, 2.05) is 37.5 Å². The third kappa shape index (κ3) is 4.11. The molecule has 1 aliphatic heterocycles. The highest BCUT2D eigenvalue weighted by Crippen LogP contribution is 2.23. The molecule has 2 unspecified atom stereocenters. The van der Waals surface area contributed by atoms with Crippen LogP contribution in [-0.2, 0) is 11.8 Å². The molecular weight excluding hydrogens is 311 g/mol. The van der Waals surface area contributed by atoms with Gasteiger partial charge in [-0.05, 0) is 17.7 Å². The summed E-state index contributed by atoms with van der Waals surface area (Å²) < 4.78 is 20.5. The van der Waals surface area contributed by atoms with Crippen molar-refractivity contribution in [2.75, 3.05) is 19.7 Å². The van der Waals surface area contributed by atoms with Crippen LogP contribution in [0.5, 0.6) is 5.75 Å². The van der Waals surface area contributed by atoms with Gasteiger partial charge in [-0.1, -0.05) is 12.1 Å². The predicted molar refractivity (Wildman–Crippen MR) is 88.5 cm³/mol. The number of alkyl halides is 1. The Labute approximate surface area is 140 Å². The van der Waals surface area contributed by atoms with Crippen LogP contribution in [0.3, 0.4) is 0 Å². The second kappa shape index (κ2) is 7.44. The van der Waals surface area contributed by atoms with Crippen LogP contribution in [0.2, 0.25) is 0 Å². The molecule has 0 bridgehead atoms. The van der Waals surface area contributed by atoms with Crippen molar-refractivity contribution in [2.45, 2.75) is 18.6 Å². The molecule has 2 atom stereocenters. The first-order chi connectivity index (χ1) is 11.6. The minimum Gasteiger partial charge on any atom is -0.492 e. The van der Waals surface area contributed by atoms with Crippen molar-refractivity contribution in [1.29, 1.82) is 0 Å². The van der Waals surface area contributed by atoms with Gasteiger partial charge in [-0.2, -0.15) is 5.10 Å². The van der Waals surface area contributed by atoms with Gasteiger partial charge in [-0.15, -0.1) is 0 Å². The van der Waals surface area contributed by atoms with Crippen molar-refractivity contribution in [3.05, 3.63) is 36.7 Å². The van der Waals surface area contributed by atoms with Crippen molar-refractivity contribution < 1.29 is 13.9 Å². The molecule has 1 aromatic carbocycles. The van der Waals surface area contributed by atoms with Gasteiger partial charge in [-0.3, -0.25) is 9.48 Å². The van der Waals surface area contributed by atoms with E-state index in [1.54, 1.807) is 10.9 Å². The number of hydrogen-bond donors (Lipinski definition) is 2. The molecule has 0 radical (unpaired) electrons. The average Bonchev–Trinajstić information content (AvgIpc) is 3.20. The van der Waals surface area contributed by atoms with Gasteiger partial charge in [0.05, 0.1) is 18.8 Å². The first kappa shape index (κ1) is 16.4. The summed E-state index contributed by atoms with van der Waals surface area (Å²) in [7, 11) is 1.87. The van der Waals surface area contributed by atoms with Crippen molar-refractivity contribution >= 4 is 5.91 Å². The zero-order valence-electron chi connectivity index (χ0n) is 13.5. The number of aromatic nitrogens is 2. The number of halogens is 1. The molecule has 2 aromatic rings. The molecule has 2 heterocycles. The lowest BCUT2D eigenvalue weighted by Gasteiger charge is -2.12. The maximum Gasteiger partial charge on any atom is 0.237 e. The summed E-state index contributed by atoms with van der Waals surface area (Å²) in [6.45, 7) is 0.981. The van der Waals surface area contributed by atoms with Gasteiger partial charge in [0, 0.05) is 31.8 Å². The minimum absolute atomic E-state index is 0.178. The van der Waals surface area contributed by atoms with E-state index in [4.69, 9.17) is 4.74 Å². The fourth-order valence-corrected chi connectivity index (χ4v) is 2.69. The molecule has 1 aromatic heterocycles. The summed E-state index contributed by atoms with van der Waals surface area (Å²) in [6.07, 6.45) is 3.03. The number of amides is 1. The zero-order valence-corrected chi connectivity index (χ0v) is 13.5. The van der Waals surface area contributed by atoms with E-state index in [0.717, 1.165) is 16.9 Å². The quantitative estimate of drug-likeness (QED) is 0.782. The first-order valence-electron chi connectivity index (χ1n) is 7.99. The first-order valence-corrected chi connectivity index (χ1v) is 7.99. The van der Waals surface area contributed by atoms with E-state index in [1.165, 1.54) is 0 Å². The van der Waals surface area contributed by atoms with Crippen molar-refractivity contribution in [3.63, 3.8) is 0 Å². The van der Waals surface area contributed by atoms with Gasteiger partial charge in [-0.25, -0.2) is 4.39 Å². The number of carbonyl (C=O) groups is 1. The summed E-state index contributed by atoms with van der Waals surface area (Å²) in [5.74, 6) is 0.552. The third-order valence-electron chi connectivity index (χ3n) is 3.94. The molecular formula is C17H21FN4O2. The van der Waals surface area contributed by atoms with Crippen LogP contribution in [0.25, 0.3) is 11.1 Å². The van der Waals surface area contributed by atoms with E-state index in [0.29, 0.717) is 13.2 Å². The Bertz CT molecular complexity index is 703. The highest BCUT2D eigenvalue weighted by Gasteiger charge is 2.28. The van der Waals surface area contributed by atoms with Crippen molar-refractivity contribution in [1.82, 2.24) is 20.4 Å². The molecule has 3 rings (SSSR count). The lowest BCUT2D eigenvalue weighted by Crippen LogP contribution is -2.41. The molecule has 1 fully saturated rings. The molecule has 1 aliphatic rings. The van der Waals surface area contributed by atoms with Crippen LogP contribution >= 0.6 is 0 Å². The topological polar surface area (TPSA) is 68.2 Å². The standard InChI is InChI=1S/C17H21FN4O2/c1-22-11-13(9-21-22)12-3-2-4-15(7-12)24-6-5-19-17(23)16-8-14(18)10-20-16/h2-4,7,9,11,14,16,20H,5-6,8,10H2,1H3,(H,19,23). The van der Waals surface area contributed by atoms with Crippen LogP contribution < -0.4 is 15.4 Å². The summed E-state index contributed by atoms with van der Waals surface area (Å²) in [5, 5.41) is 9.77. The number of benzene rings is 1. The Balaban J connectivity index is 1.46. The van der Waals surface area contributed by atoms with E-state index < -0.39 is 12.2 Å². The van der Waals surface area contributed by atoms with Gasteiger partial charge in [0.25, 0.3) is 0 Å². The normalized spacial score (nSPS) is 20.1. The second-order valence-electron chi connectivity index (χ2n) is 5.86. The average molecular weight is 332 g/mol. The zero-order chi connectivity index (χ0) is 16.9. The molecule has 1 amide bonds. The number of rotatable bonds is 6. The van der Waals surface area contributed by atoms with Crippen LogP contribution in [0.4, 0.5) is 4.39 Å². The van der Waals surface area contributed by atoms with Gasteiger partial charge in [0.1, 0.15) is 18.5 Å². The molecule has 0 saturated carbocycles. The Hall–Kier alpha value is -2.41. The Morgan fingerprint density at radius 3 is 3.08 bits per heavy atom. The Morgan fingerprint density at radius 2 is 2.38 bits per heavy atom. The number of nitrogens with zero attached hydrogens (tertiary/aromatic N) is 2. The van der Waals surface area contributed by atoms with Gasteiger partial charge in [0.15, 0.2) is 0 Å². The molecule has 1 saturated heterocycles. The largest absolute Gasteiger partial charge is 0.492 e. The lowest BCUT2D eigenvalue weighted by atomic mass is 10.1. The van der Waals surface area contributed by atoms with Crippen LogP contribution in [0.1, 0.15) is 6.42 Å². The number of aryl methyl sites for hydroxylation is 1. The van der Waals surface area contributed by atoms with Gasteiger partial charge >= 0.3 is 0 Å². The maximum atomic E-state index is 13.0. The van der Waals surface area contributed by atoms with E-state index in [2.05, 4.69) is 15.7 Å². The number of carbonyl (C=O) groups excluding carboxylic acids is 1. The number of ether oxygens (including phenoxy) is 1. The summed E-state index contributed by atoms with van der Waals surface area (Å²) in [4.78, 5) is 11.8. The van der Waals surface area contributed by atoms with Gasteiger partial charge < -0.3 is 15.4 Å². The minimum atomic E-state index is -0.938.